The summed E-state index contributed by atoms with van der Waals surface area (Å²) in [5, 5.41) is 119. The predicted octanol–water partition coefficient (Wildman–Crippen LogP) is -1.40. The number of esters is 1. The van der Waals surface area contributed by atoms with E-state index < -0.39 is 168 Å². The molecule has 0 amide bonds. The highest BCUT2D eigenvalue weighted by Gasteiger charge is 2.72. The van der Waals surface area contributed by atoms with Crippen LogP contribution in [0.5, 0.6) is 0 Å². The Morgan fingerprint density at radius 1 is 0.690 bits per heavy atom. The number of aliphatic hydroxyl groups is 11. The molecule has 0 aromatic carbocycles. The summed E-state index contributed by atoms with van der Waals surface area (Å²) < 4.78 is 75.3. The molecule has 23 heteroatoms. The van der Waals surface area contributed by atoms with Crippen LogP contribution in [0.2, 0.25) is 0 Å². The summed E-state index contributed by atoms with van der Waals surface area (Å²) in [6, 6.07) is 0. The van der Waals surface area contributed by atoms with Crippen molar-refractivity contribution < 1.29 is 107 Å². The van der Waals surface area contributed by atoms with Crippen molar-refractivity contribution in [3.8, 4) is 0 Å². The van der Waals surface area contributed by atoms with Crippen molar-refractivity contribution in [3.63, 3.8) is 0 Å². The average molecular weight is 1040 g/mol. The number of hydrogen-bond acceptors (Lipinski definition) is 22. The first kappa shape index (κ1) is 55.7. The van der Waals surface area contributed by atoms with Crippen molar-refractivity contribution >= 4 is 16.4 Å². The molecule has 0 unspecified atom stereocenters. The summed E-state index contributed by atoms with van der Waals surface area (Å²) in [7, 11) is -4.93. The molecule has 3 aliphatic heterocycles. The first-order valence-corrected chi connectivity index (χ1v) is 26.4. The number of fused-ring (bicyclic) bond motifs is 7. The van der Waals surface area contributed by atoms with Crippen molar-refractivity contribution in [1.29, 1.82) is 0 Å². The molecular formula is C48H77O22S-. The molecule has 0 spiro atoms. The number of rotatable bonds is 11. The maximum Gasteiger partial charge on any atom is 0.317 e. The molecule has 0 aromatic heterocycles. The van der Waals surface area contributed by atoms with Gasteiger partial charge in [0.2, 0.25) is 16.7 Å². The largest absolute Gasteiger partial charge is 0.726 e. The number of ether oxygens (including phenoxy) is 6. The van der Waals surface area contributed by atoms with E-state index in [1.807, 2.05) is 13.8 Å². The fourth-order valence-electron chi connectivity index (χ4n) is 15.2. The lowest BCUT2D eigenvalue weighted by Gasteiger charge is -2.71. The Kier molecular flexibility index (Phi) is 15.3. The van der Waals surface area contributed by atoms with Gasteiger partial charge in [-0.25, -0.2) is 8.42 Å². The van der Waals surface area contributed by atoms with Gasteiger partial charge in [-0.2, -0.15) is 0 Å². The molecule has 5 aliphatic carbocycles. The SMILES string of the molecule is CC1(C)CC[C@]2(C(=O)O[C@@H]3O[C@H](CO[C@@H]4O[C@H](CO)[C@@H](O)[C@H](O)[C@H]4O[C@@H]4O[C@H](CO)[C@@H](O)[C@H](O)[C@H]4O)[C@@H](O)[C@H](O)[C@H]3O)[C@H](O)C[C@]3(C)C(=CC[C@@H]4[C@@]5(C)CC[C@H](OS(=O)(=O)[O-])C(C)(C)[C@@H]5CC[C@]43C)[C@@H]2C1. The van der Waals surface area contributed by atoms with E-state index in [9.17, 15) is 69.1 Å². The lowest BCUT2D eigenvalue weighted by atomic mass is 9.33. The number of allylic oxidation sites excluding steroid dienone is 2. The van der Waals surface area contributed by atoms with Crippen molar-refractivity contribution in [2.75, 3.05) is 19.8 Å². The van der Waals surface area contributed by atoms with Crippen LogP contribution in [0.25, 0.3) is 0 Å². The van der Waals surface area contributed by atoms with Crippen LogP contribution < -0.4 is 0 Å². The summed E-state index contributed by atoms with van der Waals surface area (Å²) >= 11 is 0. The Balaban J connectivity index is 1.03. The quantitative estimate of drug-likeness (QED) is 0.0490. The van der Waals surface area contributed by atoms with Gasteiger partial charge < -0.3 is 89.1 Å². The second kappa shape index (κ2) is 19.5. The van der Waals surface area contributed by atoms with Crippen LogP contribution >= 0.6 is 0 Å². The Morgan fingerprint density at radius 2 is 1.27 bits per heavy atom. The van der Waals surface area contributed by atoms with Crippen LogP contribution in [-0.4, -0.2) is 199 Å². The minimum atomic E-state index is -4.93. The molecule has 24 atom stereocenters. The average Bonchev–Trinajstić information content (AvgIpc) is 3.28. The van der Waals surface area contributed by atoms with Crippen LogP contribution in [0, 0.1) is 50.2 Å². The van der Waals surface area contributed by atoms with Crippen LogP contribution in [0.4, 0.5) is 0 Å². The molecule has 0 aromatic rings. The molecule has 408 valence electrons. The number of carbonyl (C=O) groups excluding carboxylic acids is 1. The third kappa shape index (κ3) is 9.18. The molecular weight excluding hydrogens is 961 g/mol. The van der Waals surface area contributed by atoms with Gasteiger partial charge in [0.1, 0.15) is 78.7 Å². The fourth-order valence-corrected chi connectivity index (χ4v) is 15.9. The van der Waals surface area contributed by atoms with Crippen LogP contribution in [0.15, 0.2) is 11.6 Å². The van der Waals surface area contributed by atoms with E-state index in [1.54, 1.807) is 0 Å². The van der Waals surface area contributed by atoms with E-state index in [-0.39, 0.29) is 35.5 Å². The van der Waals surface area contributed by atoms with Gasteiger partial charge >= 0.3 is 5.97 Å². The summed E-state index contributed by atoms with van der Waals surface area (Å²) in [5.74, 6) is -1.29. The van der Waals surface area contributed by atoms with Gasteiger partial charge in [-0.3, -0.25) is 8.98 Å². The van der Waals surface area contributed by atoms with E-state index in [4.69, 9.17) is 32.6 Å². The topological polar surface area (TPSA) is 361 Å². The zero-order chi connectivity index (χ0) is 52.3. The minimum absolute atomic E-state index is 0.0201. The molecule has 0 radical (unpaired) electrons. The van der Waals surface area contributed by atoms with E-state index in [1.165, 1.54) is 0 Å². The monoisotopic (exact) mass is 1040 g/mol. The molecule has 8 rings (SSSR count). The molecule has 11 N–H and O–H groups in total. The first-order chi connectivity index (χ1) is 32.9. The lowest BCUT2D eigenvalue weighted by molar-refractivity contribution is -0.372. The highest BCUT2D eigenvalue weighted by Crippen LogP contribution is 2.76. The van der Waals surface area contributed by atoms with Gasteiger partial charge in [0.05, 0.1) is 32.0 Å². The molecule has 7 fully saturated rings. The zero-order valence-corrected chi connectivity index (χ0v) is 42.2. The minimum Gasteiger partial charge on any atom is -0.726 e. The molecule has 0 bridgehead atoms. The summed E-state index contributed by atoms with van der Waals surface area (Å²) in [6.07, 6.45) is -22.1. The van der Waals surface area contributed by atoms with E-state index >= 15 is 4.79 Å². The van der Waals surface area contributed by atoms with Crippen molar-refractivity contribution in [2.24, 2.45) is 50.2 Å². The Morgan fingerprint density at radius 3 is 1.89 bits per heavy atom. The molecule has 4 saturated carbocycles. The summed E-state index contributed by atoms with van der Waals surface area (Å²) in [6.45, 7) is 12.5. The van der Waals surface area contributed by atoms with Crippen LogP contribution in [0.1, 0.15) is 106 Å². The second-order valence-corrected chi connectivity index (χ2v) is 25.1. The van der Waals surface area contributed by atoms with Crippen molar-refractivity contribution in [2.45, 2.75) is 211 Å². The summed E-state index contributed by atoms with van der Waals surface area (Å²) in [4.78, 5) is 15.1. The fraction of sp³-hybridized carbons (Fsp3) is 0.938. The van der Waals surface area contributed by atoms with Gasteiger partial charge in [-0.05, 0) is 103 Å². The van der Waals surface area contributed by atoms with Crippen LogP contribution in [0.3, 0.4) is 0 Å². The first-order valence-electron chi connectivity index (χ1n) is 25.1. The maximum absolute atomic E-state index is 15.1. The second-order valence-electron chi connectivity index (χ2n) is 24.1. The summed E-state index contributed by atoms with van der Waals surface area (Å²) in [5.41, 5.74) is -2.69. The van der Waals surface area contributed by atoms with E-state index in [0.717, 1.165) is 18.4 Å². The van der Waals surface area contributed by atoms with Crippen molar-refractivity contribution in [1.82, 2.24) is 0 Å². The Hall–Kier alpha value is -1.56. The van der Waals surface area contributed by atoms with Gasteiger partial charge in [0.25, 0.3) is 0 Å². The standard InChI is InChI=1S/C48H78O22S/c1-43(2)14-15-48(22(16-43)21-8-9-27-45(5)12-11-29(70-71(61,62)63)44(3,4)26(45)10-13-46(27,6)47(21,7)17-28(48)51)42(60)69-40-37(59)34(56)32(54)25(67-40)20-64-41-38(35(57)31(53)24(19-50)66-41)68-39-36(58)33(55)30(52)23(18-49)65-39/h8,22-41,49-59H,9-20H2,1-7H3,(H,61,62,63)/p-1/t22-,23+,24+,25+,26-,27+,28+,29-,30+,31+,32+,33-,34-,35-,36+,37+,38+,39-,40-,41+,45-,46+,47+,48+/m0/s1. The van der Waals surface area contributed by atoms with Gasteiger partial charge in [-0.15, -0.1) is 0 Å². The van der Waals surface area contributed by atoms with Gasteiger partial charge in [-0.1, -0.05) is 60.1 Å². The predicted molar refractivity (Wildman–Crippen MR) is 240 cm³/mol. The van der Waals surface area contributed by atoms with Crippen molar-refractivity contribution in [3.05, 3.63) is 11.6 Å². The Bertz CT molecular complexity index is 2090. The highest BCUT2D eigenvalue weighted by molar-refractivity contribution is 7.80. The van der Waals surface area contributed by atoms with E-state index in [2.05, 4.69) is 40.7 Å². The van der Waals surface area contributed by atoms with E-state index in [0.29, 0.717) is 32.1 Å². The smallest absolute Gasteiger partial charge is 0.317 e. The molecule has 71 heavy (non-hydrogen) atoms. The normalized spacial score (nSPS) is 51.7. The molecule has 8 aliphatic rings. The molecule has 22 nitrogen and oxygen atoms in total. The zero-order valence-electron chi connectivity index (χ0n) is 41.4. The molecule has 3 saturated heterocycles. The van der Waals surface area contributed by atoms with Crippen LogP contribution in [-0.2, 0) is 47.8 Å². The van der Waals surface area contributed by atoms with Gasteiger partial charge in [0, 0.05) is 0 Å². The Labute approximate surface area is 414 Å². The maximum atomic E-state index is 15.1. The number of hydrogen-bond donors (Lipinski definition) is 11. The third-order valence-electron chi connectivity index (χ3n) is 19.5. The number of aliphatic hydroxyl groups excluding tert-OH is 11. The number of carbonyl (C=O) groups is 1. The lowest BCUT2D eigenvalue weighted by Crippen LogP contribution is -2.68. The van der Waals surface area contributed by atoms with Gasteiger partial charge in [0.15, 0.2) is 12.6 Å². The highest BCUT2D eigenvalue weighted by atomic mass is 32.3. The third-order valence-corrected chi connectivity index (χ3v) is 20.0. The molecule has 3 heterocycles.